The van der Waals surface area contributed by atoms with Gasteiger partial charge < -0.3 is 10.5 Å². The van der Waals surface area contributed by atoms with Crippen molar-refractivity contribution in [1.82, 2.24) is 0 Å². The molecule has 1 aromatic carbocycles. The molecule has 1 saturated carbocycles. The normalized spacial score (nSPS) is 28.8. The van der Waals surface area contributed by atoms with E-state index in [4.69, 9.17) is 33.7 Å². The molecule has 0 radical (unpaired) electrons. The third-order valence-corrected chi connectivity index (χ3v) is 4.90. The molecule has 1 aliphatic heterocycles. The Morgan fingerprint density at radius 3 is 2.53 bits per heavy atom. The van der Waals surface area contributed by atoms with Crippen LogP contribution in [0.25, 0.3) is 0 Å². The highest BCUT2D eigenvalue weighted by molar-refractivity contribution is 6.35. The van der Waals surface area contributed by atoms with Gasteiger partial charge in [-0.1, -0.05) is 29.6 Å². The van der Waals surface area contributed by atoms with Gasteiger partial charge in [-0.2, -0.15) is 0 Å². The topological polar surface area (TPSA) is 35.2 Å². The van der Waals surface area contributed by atoms with Gasteiger partial charge >= 0.3 is 0 Å². The van der Waals surface area contributed by atoms with Gasteiger partial charge in [0.05, 0.1) is 5.02 Å². The van der Waals surface area contributed by atoms with Gasteiger partial charge in [0, 0.05) is 22.5 Å². The second-order valence-corrected chi connectivity index (χ2v) is 7.05. The highest BCUT2D eigenvalue weighted by Crippen LogP contribution is 2.50. The molecular formula is C15H19Cl2NO. The molecule has 2 N–H and O–H groups in total. The van der Waals surface area contributed by atoms with Gasteiger partial charge in [0.1, 0.15) is 11.4 Å². The van der Waals surface area contributed by atoms with Crippen molar-refractivity contribution in [3.05, 3.63) is 27.7 Å². The summed E-state index contributed by atoms with van der Waals surface area (Å²) in [5.41, 5.74) is 6.90. The predicted octanol–water partition coefficient (Wildman–Crippen LogP) is 4.65. The molecule has 4 heteroatoms. The van der Waals surface area contributed by atoms with Crippen LogP contribution in [0.5, 0.6) is 5.75 Å². The third kappa shape index (κ3) is 2.35. The van der Waals surface area contributed by atoms with Gasteiger partial charge in [-0.3, -0.25) is 0 Å². The Bertz CT molecular complexity index is 507. The van der Waals surface area contributed by atoms with Crippen LogP contribution in [-0.4, -0.2) is 5.60 Å². The number of halogens is 2. The van der Waals surface area contributed by atoms with Crippen molar-refractivity contribution in [2.45, 2.75) is 56.6 Å². The number of nitrogens with two attached hydrogens (primary N) is 1. The third-order valence-electron chi connectivity index (χ3n) is 4.40. The number of rotatable bonds is 0. The van der Waals surface area contributed by atoms with Crippen LogP contribution in [0, 0.1) is 0 Å². The van der Waals surface area contributed by atoms with Crippen molar-refractivity contribution in [2.24, 2.45) is 5.73 Å². The summed E-state index contributed by atoms with van der Waals surface area (Å²) in [4.78, 5) is 0. The zero-order valence-corrected chi connectivity index (χ0v) is 12.7. The standard InChI is InChI=1S/C15H19Cl2NO/c1-14(18)9-15(5-3-2-4-6-15)19-13-11(14)7-10(16)8-12(13)17/h7-8H,2-6,9,18H2,1H3. The molecule has 0 bridgehead atoms. The van der Waals surface area contributed by atoms with Gasteiger partial charge in [0.2, 0.25) is 0 Å². The second-order valence-electron chi connectivity index (χ2n) is 6.20. The van der Waals surface area contributed by atoms with Crippen molar-refractivity contribution >= 4 is 23.2 Å². The van der Waals surface area contributed by atoms with Crippen molar-refractivity contribution < 1.29 is 4.74 Å². The quantitative estimate of drug-likeness (QED) is 0.756. The van der Waals surface area contributed by atoms with Crippen LogP contribution in [0.4, 0.5) is 0 Å². The minimum atomic E-state index is -0.431. The predicted molar refractivity (Wildman–Crippen MR) is 79.1 cm³/mol. The van der Waals surface area contributed by atoms with E-state index in [9.17, 15) is 0 Å². The lowest BCUT2D eigenvalue weighted by atomic mass is 9.72. The molecule has 2 aliphatic rings. The molecule has 19 heavy (non-hydrogen) atoms. The van der Waals surface area contributed by atoms with Crippen molar-refractivity contribution in [3.63, 3.8) is 0 Å². The van der Waals surface area contributed by atoms with Crippen LogP contribution >= 0.6 is 23.2 Å². The monoisotopic (exact) mass is 299 g/mol. The van der Waals surface area contributed by atoms with E-state index in [-0.39, 0.29) is 5.60 Å². The Morgan fingerprint density at radius 1 is 1.16 bits per heavy atom. The Hall–Kier alpha value is -0.440. The smallest absolute Gasteiger partial charge is 0.143 e. The first kappa shape index (κ1) is 13.5. The summed E-state index contributed by atoms with van der Waals surface area (Å²) in [5, 5.41) is 1.19. The van der Waals surface area contributed by atoms with Crippen LogP contribution < -0.4 is 10.5 Å². The summed E-state index contributed by atoms with van der Waals surface area (Å²) in [6.07, 6.45) is 6.67. The fourth-order valence-electron chi connectivity index (χ4n) is 3.58. The van der Waals surface area contributed by atoms with E-state index in [0.29, 0.717) is 10.0 Å². The van der Waals surface area contributed by atoms with Crippen LogP contribution in [0.3, 0.4) is 0 Å². The average Bonchev–Trinajstić information content (AvgIpc) is 2.31. The molecule has 2 nitrogen and oxygen atoms in total. The Labute approximate surface area is 124 Å². The largest absolute Gasteiger partial charge is 0.485 e. The molecule has 0 aromatic heterocycles. The molecule has 0 saturated heterocycles. The minimum Gasteiger partial charge on any atom is -0.485 e. The maximum Gasteiger partial charge on any atom is 0.143 e. The van der Waals surface area contributed by atoms with Gasteiger partial charge in [-0.25, -0.2) is 0 Å². The van der Waals surface area contributed by atoms with Gasteiger partial charge in [0.25, 0.3) is 0 Å². The van der Waals surface area contributed by atoms with Crippen molar-refractivity contribution in [3.8, 4) is 5.75 Å². The fourth-order valence-corrected chi connectivity index (χ4v) is 4.11. The van der Waals surface area contributed by atoms with Crippen LogP contribution in [0.2, 0.25) is 10.0 Å². The molecule has 104 valence electrons. The zero-order valence-electron chi connectivity index (χ0n) is 11.1. The van der Waals surface area contributed by atoms with E-state index in [1.807, 2.05) is 6.07 Å². The van der Waals surface area contributed by atoms with Crippen molar-refractivity contribution in [1.29, 1.82) is 0 Å². The Morgan fingerprint density at radius 2 is 1.84 bits per heavy atom. The molecule has 1 fully saturated rings. The first-order chi connectivity index (χ1) is 8.92. The van der Waals surface area contributed by atoms with E-state index in [0.717, 1.165) is 30.6 Å². The van der Waals surface area contributed by atoms with Crippen LogP contribution in [-0.2, 0) is 5.54 Å². The van der Waals surface area contributed by atoms with Crippen LogP contribution in [0.15, 0.2) is 12.1 Å². The second kappa shape index (κ2) is 4.54. The summed E-state index contributed by atoms with van der Waals surface area (Å²) in [5.74, 6) is 0.740. The fraction of sp³-hybridized carbons (Fsp3) is 0.600. The molecule has 1 spiro atoms. The molecule has 1 heterocycles. The molecule has 1 aromatic rings. The molecule has 1 atom stereocenters. The molecule has 1 unspecified atom stereocenters. The SMILES string of the molecule is CC1(N)CC2(CCCCC2)Oc2c(Cl)cc(Cl)cc21. The number of hydrogen-bond donors (Lipinski definition) is 1. The van der Waals surface area contributed by atoms with E-state index in [1.165, 1.54) is 19.3 Å². The minimum absolute atomic E-state index is 0.133. The van der Waals surface area contributed by atoms with Gasteiger partial charge in [0.15, 0.2) is 0 Å². The molecule has 1 aliphatic carbocycles. The summed E-state index contributed by atoms with van der Waals surface area (Å²) in [6, 6.07) is 3.62. The summed E-state index contributed by atoms with van der Waals surface area (Å²) in [6.45, 7) is 2.05. The number of hydrogen-bond acceptors (Lipinski definition) is 2. The van der Waals surface area contributed by atoms with Crippen LogP contribution in [0.1, 0.15) is 51.0 Å². The average molecular weight is 300 g/mol. The first-order valence-corrected chi connectivity index (χ1v) is 7.65. The lowest BCUT2D eigenvalue weighted by molar-refractivity contribution is -0.0146. The highest BCUT2D eigenvalue weighted by atomic mass is 35.5. The van der Waals surface area contributed by atoms with E-state index in [1.54, 1.807) is 6.07 Å². The first-order valence-electron chi connectivity index (χ1n) is 6.89. The van der Waals surface area contributed by atoms with E-state index >= 15 is 0 Å². The van der Waals surface area contributed by atoms with Crippen molar-refractivity contribution in [2.75, 3.05) is 0 Å². The van der Waals surface area contributed by atoms with Gasteiger partial charge in [-0.15, -0.1) is 0 Å². The highest BCUT2D eigenvalue weighted by Gasteiger charge is 2.46. The number of fused-ring (bicyclic) bond motifs is 1. The Kier molecular flexibility index (Phi) is 3.24. The Balaban J connectivity index is 2.08. The van der Waals surface area contributed by atoms with Gasteiger partial charge in [-0.05, 0) is 44.7 Å². The number of benzene rings is 1. The number of ether oxygens (including phenoxy) is 1. The molecule has 0 amide bonds. The zero-order chi connectivity index (χ0) is 13.7. The maximum absolute atomic E-state index is 6.54. The maximum atomic E-state index is 6.54. The molecular weight excluding hydrogens is 281 g/mol. The molecule has 3 rings (SSSR count). The summed E-state index contributed by atoms with van der Waals surface area (Å²) >= 11 is 12.4. The lowest BCUT2D eigenvalue weighted by Crippen LogP contribution is -2.51. The van der Waals surface area contributed by atoms with E-state index in [2.05, 4.69) is 6.92 Å². The summed E-state index contributed by atoms with van der Waals surface area (Å²) in [7, 11) is 0. The lowest BCUT2D eigenvalue weighted by Gasteiger charge is -2.48. The van der Waals surface area contributed by atoms with E-state index < -0.39 is 5.54 Å². The summed E-state index contributed by atoms with van der Waals surface area (Å²) < 4.78 is 6.31.